The third kappa shape index (κ3) is 2.37. The van der Waals surface area contributed by atoms with E-state index < -0.39 is 0 Å². The van der Waals surface area contributed by atoms with Gasteiger partial charge in [-0.1, -0.05) is 71.8 Å². The Morgan fingerprint density at radius 2 is 1.30 bits per heavy atom. The molecule has 0 amide bonds. The summed E-state index contributed by atoms with van der Waals surface area (Å²) in [6, 6.07) is 29.0. The molecule has 6 rings (SSSR count). The lowest BCUT2D eigenvalue weighted by Gasteiger charge is -2.11. The van der Waals surface area contributed by atoms with Crippen LogP contribution >= 0.6 is 0 Å². The second kappa shape index (κ2) is 6.24. The van der Waals surface area contributed by atoms with Gasteiger partial charge in [0.2, 0.25) is 0 Å². The first-order valence-corrected chi connectivity index (χ1v) is 10.6. The van der Waals surface area contributed by atoms with Crippen molar-refractivity contribution in [3.05, 3.63) is 95.6 Å². The van der Waals surface area contributed by atoms with Gasteiger partial charge in [-0.05, 0) is 37.6 Å². The van der Waals surface area contributed by atoms with E-state index in [1.165, 1.54) is 60.3 Å². The highest BCUT2D eigenvalue weighted by Gasteiger charge is 2.18. The lowest BCUT2D eigenvalue weighted by molar-refractivity contribution is 0.869. The van der Waals surface area contributed by atoms with E-state index in [-0.39, 0.29) is 0 Å². The molecule has 0 atom stereocenters. The number of hydrogen-bond donors (Lipinski definition) is 0. The predicted octanol–water partition coefficient (Wildman–Crippen LogP) is 7.10. The zero-order valence-corrected chi connectivity index (χ0v) is 17.6. The summed E-state index contributed by atoms with van der Waals surface area (Å²) in [7, 11) is 2.17. The van der Waals surface area contributed by atoms with Crippen molar-refractivity contribution in [1.82, 2.24) is 9.13 Å². The van der Waals surface area contributed by atoms with E-state index in [0.29, 0.717) is 0 Å². The van der Waals surface area contributed by atoms with Gasteiger partial charge in [-0.3, -0.25) is 0 Å². The molecule has 2 aromatic heterocycles. The van der Waals surface area contributed by atoms with Gasteiger partial charge < -0.3 is 9.13 Å². The molecule has 0 aliphatic heterocycles. The van der Waals surface area contributed by atoms with Gasteiger partial charge in [0.25, 0.3) is 0 Å². The maximum Gasteiger partial charge on any atom is 0.0596 e. The summed E-state index contributed by atoms with van der Waals surface area (Å²) in [4.78, 5) is 0. The van der Waals surface area contributed by atoms with Crippen molar-refractivity contribution in [2.24, 2.45) is 7.05 Å². The van der Waals surface area contributed by atoms with Crippen molar-refractivity contribution in [2.45, 2.75) is 20.4 Å². The maximum atomic E-state index is 2.52. The summed E-state index contributed by atoms with van der Waals surface area (Å²) < 4.78 is 4.84. The fourth-order valence-corrected chi connectivity index (χ4v) is 5.29. The van der Waals surface area contributed by atoms with Gasteiger partial charge in [0.15, 0.2) is 0 Å². The lowest BCUT2D eigenvalue weighted by atomic mass is 10.1. The third-order valence-corrected chi connectivity index (χ3v) is 6.43. The molecule has 0 aliphatic carbocycles. The zero-order valence-electron chi connectivity index (χ0n) is 17.6. The van der Waals surface area contributed by atoms with E-state index in [9.17, 15) is 0 Å². The first-order valence-electron chi connectivity index (χ1n) is 10.6. The Morgan fingerprint density at radius 1 is 0.633 bits per heavy atom. The average Bonchev–Trinajstić information content (AvgIpc) is 3.21. The van der Waals surface area contributed by atoms with Crippen LogP contribution in [0.25, 0.3) is 43.6 Å². The van der Waals surface area contributed by atoms with E-state index in [1.54, 1.807) is 0 Å². The molecule has 0 aliphatic rings. The second-order valence-corrected chi connectivity index (χ2v) is 8.53. The SMILES string of the molecule is Cc1cc(C)cc(Cn2c3ccccc3c3ccc4c(c5ccccc5n4C)c32)c1. The number of benzene rings is 4. The van der Waals surface area contributed by atoms with E-state index in [2.05, 4.69) is 109 Å². The first kappa shape index (κ1) is 17.3. The van der Waals surface area contributed by atoms with Crippen LogP contribution in [-0.2, 0) is 13.6 Å². The molecule has 0 radical (unpaired) electrons. The molecule has 30 heavy (non-hydrogen) atoms. The summed E-state index contributed by atoms with van der Waals surface area (Å²) in [5, 5.41) is 5.33. The minimum Gasteiger partial charge on any atom is -0.344 e. The van der Waals surface area contributed by atoms with Crippen LogP contribution in [0.15, 0.2) is 78.9 Å². The van der Waals surface area contributed by atoms with Crippen molar-refractivity contribution in [2.75, 3.05) is 0 Å². The molecular formula is C28H24N2. The molecule has 0 unspecified atom stereocenters. The topological polar surface area (TPSA) is 9.86 Å². The predicted molar refractivity (Wildman–Crippen MR) is 128 cm³/mol. The Balaban J connectivity index is 1.79. The van der Waals surface area contributed by atoms with Gasteiger partial charge in [0.05, 0.1) is 11.0 Å². The van der Waals surface area contributed by atoms with Gasteiger partial charge in [-0.2, -0.15) is 0 Å². The highest BCUT2D eigenvalue weighted by atomic mass is 15.0. The van der Waals surface area contributed by atoms with E-state index >= 15 is 0 Å². The third-order valence-electron chi connectivity index (χ3n) is 6.43. The number of aryl methyl sites for hydroxylation is 3. The summed E-state index contributed by atoms with van der Waals surface area (Å²) in [5.41, 5.74) is 9.20. The number of nitrogens with zero attached hydrogens (tertiary/aromatic N) is 2. The summed E-state index contributed by atoms with van der Waals surface area (Å²) in [5.74, 6) is 0. The summed E-state index contributed by atoms with van der Waals surface area (Å²) >= 11 is 0. The Bertz CT molecular complexity index is 1570. The van der Waals surface area contributed by atoms with Crippen LogP contribution in [0.1, 0.15) is 16.7 Å². The summed E-state index contributed by atoms with van der Waals surface area (Å²) in [6.45, 7) is 5.24. The number of rotatable bonds is 2. The quantitative estimate of drug-likeness (QED) is 0.299. The van der Waals surface area contributed by atoms with E-state index in [4.69, 9.17) is 0 Å². The maximum absolute atomic E-state index is 2.52. The Hall–Kier alpha value is -3.52. The van der Waals surface area contributed by atoms with E-state index in [1.807, 2.05) is 0 Å². The van der Waals surface area contributed by atoms with Gasteiger partial charge in [-0.25, -0.2) is 0 Å². The van der Waals surface area contributed by atoms with Crippen molar-refractivity contribution in [1.29, 1.82) is 0 Å². The van der Waals surface area contributed by atoms with Crippen LogP contribution in [0, 0.1) is 13.8 Å². The Labute approximate surface area is 176 Å². The van der Waals surface area contributed by atoms with Crippen LogP contribution in [0.2, 0.25) is 0 Å². The number of aromatic nitrogens is 2. The molecule has 0 bridgehead atoms. The molecule has 0 N–H and O–H groups in total. The number of para-hydroxylation sites is 2. The second-order valence-electron chi connectivity index (χ2n) is 8.53. The van der Waals surface area contributed by atoms with E-state index in [0.717, 1.165) is 6.54 Å². The Kier molecular flexibility index (Phi) is 3.61. The molecule has 0 saturated carbocycles. The van der Waals surface area contributed by atoms with Crippen molar-refractivity contribution < 1.29 is 0 Å². The molecule has 2 heteroatoms. The van der Waals surface area contributed by atoms with Crippen LogP contribution in [0.5, 0.6) is 0 Å². The van der Waals surface area contributed by atoms with Gasteiger partial charge in [0.1, 0.15) is 0 Å². The first-order chi connectivity index (χ1) is 14.6. The number of hydrogen-bond acceptors (Lipinski definition) is 0. The highest BCUT2D eigenvalue weighted by molar-refractivity contribution is 6.25. The standard InChI is InChI=1S/C28H24N2/c1-18-14-19(2)16-20(15-18)17-30-25-11-7-4-8-21(25)22-12-13-26-27(28(22)30)23-9-5-6-10-24(23)29(26)3/h4-16H,17H2,1-3H3. The van der Waals surface area contributed by atoms with Crippen LogP contribution in [-0.4, -0.2) is 9.13 Å². The zero-order chi connectivity index (χ0) is 20.4. The van der Waals surface area contributed by atoms with Gasteiger partial charge in [0, 0.05) is 46.2 Å². The molecule has 4 aromatic carbocycles. The minimum atomic E-state index is 0.870. The molecule has 2 heterocycles. The molecule has 0 spiro atoms. The van der Waals surface area contributed by atoms with Crippen molar-refractivity contribution >= 4 is 43.6 Å². The van der Waals surface area contributed by atoms with Crippen molar-refractivity contribution in [3.63, 3.8) is 0 Å². The Morgan fingerprint density at radius 3 is 2.07 bits per heavy atom. The minimum absolute atomic E-state index is 0.870. The number of fused-ring (bicyclic) bond motifs is 7. The lowest BCUT2D eigenvalue weighted by Crippen LogP contribution is -2.00. The molecule has 2 nitrogen and oxygen atoms in total. The normalized spacial score (nSPS) is 12.0. The highest BCUT2D eigenvalue weighted by Crippen LogP contribution is 2.39. The average molecular weight is 389 g/mol. The summed E-state index contributed by atoms with van der Waals surface area (Å²) in [6.07, 6.45) is 0. The smallest absolute Gasteiger partial charge is 0.0596 e. The molecular weight excluding hydrogens is 364 g/mol. The molecule has 146 valence electrons. The fraction of sp³-hybridized carbons (Fsp3) is 0.143. The van der Waals surface area contributed by atoms with Gasteiger partial charge >= 0.3 is 0 Å². The van der Waals surface area contributed by atoms with Gasteiger partial charge in [-0.15, -0.1) is 0 Å². The largest absolute Gasteiger partial charge is 0.344 e. The van der Waals surface area contributed by atoms with Crippen LogP contribution < -0.4 is 0 Å². The fourth-order valence-electron chi connectivity index (χ4n) is 5.29. The molecule has 6 aromatic rings. The van der Waals surface area contributed by atoms with Crippen LogP contribution in [0.4, 0.5) is 0 Å². The monoisotopic (exact) mass is 388 g/mol. The van der Waals surface area contributed by atoms with Crippen molar-refractivity contribution in [3.8, 4) is 0 Å². The molecule has 0 fully saturated rings. The van der Waals surface area contributed by atoms with Crippen LogP contribution in [0.3, 0.4) is 0 Å². The molecule has 0 saturated heterocycles.